The number of hydrogen-bond donors (Lipinski definition) is 6. The summed E-state index contributed by atoms with van der Waals surface area (Å²) in [6, 6.07) is -0.873. The molecule has 7 unspecified atom stereocenters. The average Bonchev–Trinajstić information content (AvgIpc) is 3.57. The maximum atomic E-state index is 13.1. The fourth-order valence-corrected chi connectivity index (χ4v) is 9.48. The zero-order valence-electron chi connectivity index (χ0n) is 51.9. The number of nitrogens with one attached hydrogen (secondary N) is 1. The summed E-state index contributed by atoms with van der Waals surface area (Å²) in [6.07, 6.45) is 86.6. The number of rotatable bonds is 55. The Labute approximate surface area is 502 Å². The highest BCUT2D eigenvalue weighted by molar-refractivity contribution is 5.76. The second kappa shape index (κ2) is 60.2. The molecule has 0 aromatic heterocycles. The molecule has 7 atom stereocenters. The van der Waals surface area contributed by atoms with Crippen molar-refractivity contribution in [3.63, 3.8) is 0 Å². The molecule has 1 amide bonds. The van der Waals surface area contributed by atoms with Crippen molar-refractivity contribution in [2.24, 2.45) is 0 Å². The van der Waals surface area contributed by atoms with Crippen molar-refractivity contribution < 1.29 is 39.8 Å². The van der Waals surface area contributed by atoms with Crippen LogP contribution in [-0.4, -0.2) is 87.5 Å². The van der Waals surface area contributed by atoms with Gasteiger partial charge < -0.3 is 40.3 Å². The van der Waals surface area contributed by atoms with E-state index in [-0.39, 0.29) is 18.9 Å². The van der Waals surface area contributed by atoms with Crippen LogP contribution in [0.1, 0.15) is 251 Å². The van der Waals surface area contributed by atoms with Gasteiger partial charge in [0.05, 0.1) is 25.4 Å². The number of ether oxygens (including phenoxy) is 2. The van der Waals surface area contributed by atoms with Crippen molar-refractivity contribution in [3.8, 4) is 0 Å². The Kier molecular flexibility index (Phi) is 55.9. The van der Waals surface area contributed by atoms with Crippen LogP contribution in [-0.2, 0) is 14.3 Å². The van der Waals surface area contributed by atoms with Gasteiger partial charge in [-0.05, 0) is 109 Å². The number of aliphatic hydroxyl groups is 5. The molecule has 1 saturated heterocycles. The Balaban J connectivity index is 2.28. The van der Waals surface area contributed by atoms with E-state index in [0.29, 0.717) is 12.8 Å². The lowest BCUT2D eigenvalue weighted by atomic mass is 9.99. The van der Waals surface area contributed by atoms with Crippen LogP contribution < -0.4 is 5.32 Å². The summed E-state index contributed by atoms with van der Waals surface area (Å²) in [7, 11) is 0. The number of carbonyl (C=O) groups is 1. The number of hydrogen-bond acceptors (Lipinski definition) is 8. The monoisotopic (exact) mass is 1140 g/mol. The fourth-order valence-electron chi connectivity index (χ4n) is 9.48. The van der Waals surface area contributed by atoms with Crippen LogP contribution in [0.5, 0.6) is 0 Å². The number of amides is 1. The summed E-state index contributed by atoms with van der Waals surface area (Å²) in [5, 5.41) is 54.6. The van der Waals surface area contributed by atoms with Gasteiger partial charge in [-0.25, -0.2) is 0 Å². The molecular weight excluding hydrogens is 1020 g/mol. The number of aliphatic hydroxyl groups excluding tert-OH is 5. The van der Waals surface area contributed by atoms with Crippen molar-refractivity contribution in [1.82, 2.24) is 5.32 Å². The second-order valence-corrected chi connectivity index (χ2v) is 22.2. The van der Waals surface area contributed by atoms with Gasteiger partial charge in [-0.3, -0.25) is 4.79 Å². The predicted octanol–water partition coefficient (Wildman–Crippen LogP) is 17.8. The minimum absolute atomic E-state index is 0.239. The Morgan fingerprint density at radius 2 is 0.768 bits per heavy atom. The highest BCUT2D eigenvalue weighted by Gasteiger charge is 2.44. The third kappa shape index (κ3) is 48.4. The van der Waals surface area contributed by atoms with E-state index in [2.05, 4.69) is 153 Å². The lowest BCUT2D eigenvalue weighted by Gasteiger charge is -2.40. The Morgan fingerprint density at radius 1 is 0.427 bits per heavy atom. The van der Waals surface area contributed by atoms with E-state index in [1.807, 2.05) is 6.08 Å². The quantitative estimate of drug-likeness (QED) is 0.0261. The van der Waals surface area contributed by atoms with Crippen molar-refractivity contribution >= 4 is 5.91 Å². The molecule has 466 valence electrons. The SMILES string of the molecule is CC/C=C\C/C=C\C/C=C\C/C=C\C/C=C\C/C=C\C/C=C\C/C=C\C/C=C\CCCC(=O)NC(COC1OC(CO)C(O)C(O)C1O)C(O)/C=C/CC/C=C/CC/C=C/CCCCCCCCCCCCCCCCCCCCCC. The largest absolute Gasteiger partial charge is 0.394 e. The molecule has 1 rings (SSSR count). The first-order valence-electron chi connectivity index (χ1n) is 33.1. The molecule has 1 aliphatic rings. The molecule has 0 aromatic carbocycles. The van der Waals surface area contributed by atoms with Crippen molar-refractivity contribution in [3.05, 3.63) is 146 Å². The number of carbonyl (C=O) groups excluding carboxylic acids is 1. The highest BCUT2D eigenvalue weighted by atomic mass is 16.7. The van der Waals surface area contributed by atoms with Crippen LogP contribution in [0, 0.1) is 0 Å². The lowest BCUT2D eigenvalue weighted by Crippen LogP contribution is -2.60. The molecule has 0 aliphatic carbocycles. The van der Waals surface area contributed by atoms with Crippen LogP contribution in [0.25, 0.3) is 0 Å². The fraction of sp³-hybridized carbons (Fsp3) is 0.658. The molecular formula is C73H121NO8. The Morgan fingerprint density at radius 3 is 1.17 bits per heavy atom. The third-order valence-electron chi connectivity index (χ3n) is 14.6. The molecule has 9 heteroatoms. The van der Waals surface area contributed by atoms with E-state index in [9.17, 15) is 30.3 Å². The molecule has 0 aromatic rings. The lowest BCUT2D eigenvalue weighted by molar-refractivity contribution is -0.302. The maximum Gasteiger partial charge on any atom is 0.220 e. The molecule has 0 radical (unpaired) electrons. The third-order valence-corrected chi connectivity index (χ3v) is 14.6. The van der Waals surface area contributed by atoms with E-state index in [1.165, 1.54) is 128 Å². The van der Waals surface area contributed by atoms with E-state index in [1.54, 1.807) is 6.08 Å². The normalized spacial score (nSPS) is 19.3. The summed E-state index contributed by atoms with van der Waals surface area (Å²) < 4.78 is 11.3. The van der Waals surface area contributed by atoms with E-state index in [0.717, 1.165) is 89.9 Å². The standard InChI is InChI=1S/C73H121NO8/c1-3-5-7-9-11-13-15-17-19-21-23-25-27-29-31-33-35-36-38-40-42-44-46-48-50-52-54-56-58-60-62-67(76)66(65-81-73-72(80)71(79)70(78)68(64-75)82-73)74-69(77)63-61-59-57-55-53-51-49-47-45-43-41-39-37-34-32-30-28-26-24-22-20-18-16-14-12-10-8-6-4-2/h6,8,12,14,18,20,24,26,30,32,37,39,43-46,49,51-52,54-55,57,60,62,66-68,70-73,75-76,78-80H,3-5,7,9-11,13,15-17,19,21-23,25,27-29,31,33-36,38,40-42,47-48,50,53,56,58-59,61,63-65H2,1-2H3,(H,74,77)/b8-6-,14-12-,20-18-,26-24-,32-30-,39-37-,45-43-,46-44+,51-49-,54-52+,57-55-,62-60+. The molecule has 0 spiro atoms. The molecule has 0 saturated carbocycles. The second-order valence-electron chi connectivity index (χ2n) is 22.2. The van der Waals surface area contributed by atoms with Gasteiger partial charge in [0.25, 0.3) is 0 Å². The van der Waals surface area contributed by atoms with Crippen LogP contribution in [0.2, 0.25) is 0 Å². The molecule has 82 heavy (non-hydrogen) atoms. The zero-order chi connectivity index (χ0) is 59.3. The van der Waals surface area contributed by atoms with Gasteiger partial charge in [0, 0.05) is 6.42 Å². The Bertz CT molecular complexity index is 1800. The van der Waals surface area contributed by atoms with Crippen LogP contribution in [0.15, 0.2) is 146 Å². The van der Waals surface area contributed by atoms with Crippen molar-refractivity contribution in [1.29, 1.82) is 0 Å². The van der Waals surface area contributed by atoms with Crippen LogP contribution in [0.3, 0.4) is 0 Å². The summed E-state index contributed by atoms with van der Waals surface area (Å²) in [5.41, 5.74) is 0. The highest BCUT2D eigenvalue weighted by Crippen LogP contribution is 2.23. The average molecular weight is 1140 g/mol. The summed E-state index contributed by atoms with van der Waals surface area (Å²) >= 11 is 0. The molecule has 1 aliphatic heterocycles. The van der Waals surface area contributed by atoms with Crippen molar-refractivity contribution in [2.75, 3.05) is 13.2 Å². The van der Waals surface area contributed by atoms with Crippen molar-refractivity contribution in [2.45, 2.75) is 294 Å². The van der Waals surface area contributed by atoms with Gasteiger partial charge in [0.15, 0.2) is 6.29 Å². The van der Waals surface area contributed by atoms with Crippen LogP contribution in [0.4, 0.5) is 0 Å². The maximum absolute atomic E-state index is 13.1. The minimum Gasteiger partial charge on any atom is -0.394 e. The van der Waals surface area contributed by atoms with E-state index in [4.69, 9.17) is 9.47 Å². The predicted molar refractivity (Wildman–Crippen MR) is 350 cm³/mol. The molecule has 6 N–H and O–H groups in total. The Hall–Kier alpha value is -3.93. The van der Waals surface area contributed by atoms with Gasteiger partial charge in [0.2, 0.25) is 5.91 Å². The number of unbranched alkanes of at least 4 members (excludes halogenated alkanes) is 23. The van der Waals surface area contributed by atoms with E-state index >= 15 is 0 Å². The zero-order valence-corrected chi connectivity index (χ0v) is 51.9. The van der Waals surface area contributed by atoms with Gasteiger partial charge in [0.1, 0.15) is 24.4 Å². The summed E-state index contributed by atoms with van der Waals surface area (Å²) in [6.45, 7) is 3.62. The van der Waals surface area contributed by atoms with Gasteiger partial charge in [-0.15, -0.1) is 0 Å². The smallest absolute Gasteiger partial charge is 0.220 e. The first-order valence-corrected chi connectivity index (χ1v) is 33.1. The van der Waals surface area contributed by atoms with Gasteiger partial charge in [-0.2, -0.15) is 0 Å². The molecule has 1 heterocycles. The molecule has 9 nitrogen and oxygen atoms in total. The molecule has 1 fully saturated rings. The van der Waals surface area contributed by atoms with E-state index < -0.39 is 49.5 Å². The molecule has 0 bridgehead atoms. The van der Waals surface area contributed by atoms with Gasteiger partial charge in [-0.1, -0.05) is 282 Å². The van der Waals surface area contributed by atoms with Crippen LogP contribution >= 0.6 is 0 Å². The first kappa shape index (κ1) is 76.1. The summed E-state index contributed by atoms with van der Waals surface area (Å²) in [4.78, 5) is 13.1. The topological polar surface area (TPSA) is 149 Å². The number of allylic oxidation sites excluding steroid dienone is 23. The minimum atomic E-state index is -1.60. The summed E-state index contributed by atoms with van der Waals surface area (Å²) in [5.74, 6) is -0.253. The van der Waals surface area contributed by atoms with Gasteiger partial charge >= 0.3 is 0 Å². The first-order chi connectivity index (χ1) is 40.3.